The number of hydrogen-bond donors (Lipinski definition) is 1. The second-order valence-electron chi connectivity index (χ2n) is 3.66. The number of ether oxygens (including phenoxy) is 1. The van der Waals surface area contributed by atoms with E-state index in [1.807, 2.05) is 6.92 Å². The molecule has 0 saturated carbocycles. The lowest BCUT2D eigenvalue weighted by atomic mass is 10.1. The SMILES string of the molecule is CCCc1cc(CN)cc(OCC(F)(F)F)n1. The highest BCUT2D eigenvalue weighted by atomic mass is 19.4. The van der Waals surface area contributed by atoms with Crippen LogP contribution < -0.4 is 10.5 Å². The molecule has 6 heteroatoms. The Kier molecular flexibility index (Phi) is 4.74. The van der Waals surface area contributed by atoms with Crippen molar-refractivity contribution in [2.75, 3.05) is 6.61 Å². The molecule has 17 heavy (non-hydrogen) atoms. The van der Waals surface area contributed by atoms with Gasteiger partial charge in [0.25, 0.3) is 0 Å². The van der Waals surface area contributed by atoms with Gasteiger partial charge < -0.3 is 10.5 Å². The Morgan fingerprint density at radius 1 is 1.35 bits per heavy atom. The molecule has 0 aliphatic heterocycles. The number of nitrogens with two attached hydrogens (primary N) is 1. The average Bonchev–Trinajstić information content (AvgIpc) is 2.25. The summed E-state index contributed by atoms with van der Waals surface area (Å²) in [6.07, 6.45) is -2.80. The molecule has 1 rings (SSSR count). The Balaban J connectivity index is 2.79. The summed E-state index contributed by atoms with van der Waals surface area (Å²) in [4.78, 5) is 4.00. The van der Waals surface area contributed by atoms with E-state index in [0.717, 1.165) is 12.0 Å². The number of nitrogens with zero attached hydrogens (tertiary/aromatic N) is 1. The van der Waals surface area contributed by atoms with Gasteiger partial charge in [-0.15, -0.1) is 0 Å². The predicted octanol–water partition coefficient (Wildman–Crippen LogP) is 2.43. The summed E-state index contributed by atoms with van der Waals surface area (Å²) in [6, 6.07) is 3.22. The highest BCUT2D eigenvalue weighted by molar-refractivity contribution is 5.25. The zero-order chi connectivity index (χ0) is 12.9. The summed E-state index contributed by atoms with van der Waals surface area (Å²) in [5.74, 6) is -0.0197. The molecule has 0 amide bonds. The third-order valence-electron chi connectivity index (χ3n) is 2.04. The fourth-order valence-corrected chi connectivity index (χ4v) is 1.35. The number of hydrogen-bond acceptors (Lipinski definition) is 3. The standard InChI is InChI=1S/C11H15F3N2O/c1-2-3-9-4-8(6-15)5-10(16-9)17-7-11(12,13)14/h4-5H,2-3,6-7,15H2,1H3. The molecule has 96 valence electrons. The third kappa shape index (κ3) is 5.04. The average molecular weight is 248 g/mol. The van der Waals surface area contributed by atoms with Gasteiger partial charge >= 0.3 is 6.18 Å². The zero-order valence-corrected chi connectivity index (χ0v) is 9.55. The lowest BCUT2D eigenvalue weighted by Crippen LogP contribution is -2.20. The summed E-state index contributed by atoms with van der Waals surface area (Å²) in [6.45, 7) is 0.883. The van der Waals surface area contributed by atoms with E-state index in [-0.39, 0.29) is 12.4 Å². The first-order valence-corrected chi connectivity index (χ1v) is 5.34. The Labute approximate surface area is 97.8 Å². The van der Waals surface area contributed by atoms with Crippen LogP contribution in [0.15, 0.2) is 12.1 Å². The van der Waals surface area contributed by atoms with Crippen molar-refractivity contribution < 1.29 is 17.9 Å². The predicted molar refractivity (Wildman–Crippen MR) is 57.7 cm³/mol. The van der Waals surface area contributed by atoms with Gasteiger partial charge in [-0.25, -0.2) is 4.98 Å². The maximum atomic E-state index is 12.0. The van der Waals surface area contributed by atoms with Crippen LogP contribution in [0.5, 0.6) is 5.88 Å². The van der Waals surface area contributed by atoms with E-state index in [1.54, 1.807) is 6.07 Å². The maximum Gasteiger partial charge on any atom is 0.422 e. The van der Waals surface area contributed by atoms with Gasteiger partial charge in [0.1, 0.15) is 0 Å². The molecule has 0 fully saturated rings. The Bertz CT molecular complexity index is 366. The summed E-state index contributed by atoms with van der Waals surface area (Å²) in [5, 5.41) is 0. The molecule has 2 N–H and O–H groups in total. The summed E-state index contributed by atoms with van der Waals surface area (Å²) in [5.41, 5.74) is 6.88. The molecule has 0 aliphatic carbocycles. The van der Waals surface area contributed by atoms with Crippen molar-refractivity contribution in [2.45, 2.75) is 32.5 Å². The molecule has 1 aromatic heterocycles. The number of alkyl halides is 3. The van der Waals surface area contributed by atoms with Crippen molar-refractivity contribution in [1.29, 1.82) is 0 Å². The van der Waals surface area contributed by atoms with Gasteiger partial charge in [0.2, 0.25) is 5.88 Å². The van der Waals surface area contributed by atoms with Gasteiger partial charge in [-0.1, -0.05) is 13.3 Å². The van der Waals surface area contributed by atoms with Crippen molar-refractivity contribution in [2.24, 2.45) is 5.73 Å². The minimum atomic E-state index is -4.36. The minimum Gasteiger partial charge on any atom is -0.468 e. The van der Waals surface area contributed by atoms with Crippen LogP contribution in [0.4, 0.5) is 13.2 Å². The van der Waals surface area contributed by atoms with Crippen LogP contribution in [0.2, 0.25) is 0 Å². The van der Waals surface area contributed by atoms with Gasteiger partial charge in [0, 0.05) is 18.3 Å². The first-order chi connectivity index (χ1) is 7.94. The van der Waals surface area contributed by atoms with E-state index in [9.17, 15) is 13.2 Å². The van der Waals surface area contributed by atoms with Gasteiger partial charge in [0.05, 0.1) is 0 Å². The van der Waals surface area contributed by atoms with Crippen LogP contribution in [-0.4, -0.2) is 17.8 Å². The normalized spacial score (nSPS) is 11.6. The van der Waals surface area contributed by atoms with Gasteiger partial charge in [-0.05, 0) is 18.1 Å². The molecule has 0 aromatic carbocycles. The molecule has 0 radical (unpaired) electrons. The molecule has 0 atom stereocenters. The minimum absolute atomic E-state index is 0.0197. The monoisotopic (exact) mass is 248 g/mol. The highest BCUT2D eigenvalue weighted by Crippen LogP contribution is 2.19. The number of pyridine rings is 1. The summed E-state index contributed by atoms with van der Waals surface area (Å²) < 4.78 is 40.6. The third-order valence-corrected chi connectivity index (χ3v) is 2.04. The van der Waals surface area contributed by atoms with Crippen LogP contribution >= 0.6 is 0 Å². The first-order valence-electron chi connectivity index (χ1n) is 5.34. The number of rotatable bonds is 5. The van der Waals surface area contributed by atoms with Crippen molar-refractivity contribution in [1.82, 2.24) is 4.98 Å². The van der Waals surface area contributed by atoms with Gasteiger partial charge in [-0.3, -0.25) is 0 Å². The second-order valence-corrected chi connectivity index (χ2v) is 3.66. The molecule has 1 aromatic rings. The molecule has 0 saturated heterocycles. The maximum absolute atomic E-state index is 12.0. The van der Waals surface area contributed by atoms with E-state index in [4.69, 9.17) is 5.73 Å². The quantitative estimate of drug-likeness (QED) is 0.870. The lowest BCUT2D eigenvalue weighted by Gasteiger charge is -2.10. The van der Waals surface area contributed by atoms with Crippen LogP contribution in [0.1, 0.15) is 24.6 Å². The number of halogens is 3. The van der Waals surface area contributed by atoms with E-state index in [2.05, 4.69) is 9.72 Å². The fourth-order valence-electron chi connectivity index (χ4n) is 1.35. The summed E-state index contributed by atoms with van der Waals surface area (Å²) in [7, 11) is 0. The van der Waals surface area contributed by atoms with Crippen molar-refractivity contribution >= 4 is 0 Å². The van der Waals surface area contributed by atoms with Gasteiger partial charge in [-0.2, -0.15) is 13.2 Å². The van der Waals surface area contributed by atoms with Crippen LogP contribution in [0, 0.1) is 0 Å². The van der Waals surface area contributed by atoms with E-state index in [0.29, 0.717) is 12.1 Å². The van der Waals surface area contributed by atoms with Crippen LogP contribution in [-0.2, 0) is 13.0 Å². The molecule has 0 aliphatic rings. The smallest absolute Gasteiger partial charge is 0.422 e. The fraction of sp³-hybridized carbons (Fsp3) is 0.545. The largest absolute Gasteiger partial charge is 0.468 e. The van der Waals surface area contributed by atoms with Crippen molar-refractivity contribution in [3.63, 3.8) is 0 Å². The second kappa shape index (κ2) is 5.86. The van der Waals surface area contributed by atoms with E-state index < -0.39 is 12.8 Å². The number of aryl methyl sites for hydroxylation is 1. The van der Waals surface area contributed by atoms with Crippen LogP contribution in [0.3, 0.4) is 0 Å². The Hall–Kier alpha value is -1.30. The van der Waals surface area contributed by atoms with E-state index >= 15 is 0 Å². The molecule has 0 unspecified atom stereocenters. The Morgan fingerprint density at radius 3 is 2.59 bits per heavy atom. The Morgan fingerprint density at radius 2 is 2.06 bits per heavy atom. The highest BCUT2D eigenvalue weighted by Gasteiger charge is 2.28. The van der Waals surface area contributed by atoms with E-state index in [1.165, 1.54) is 6.07 Å². The van der Waals surface area contributed by atoms with Gasteiger partial charge in [0.15, 0.2) is 6.61 Å². The molecule has 0 bridgehead atoms. The van der Waals surface area contributed by atoms with Crippen LogP contribution in [0.25, 0.3) is 0 Å². The molecular weight excluding hydrogens is 233 g/mol. The van der Waals surface area contributed by atoms with Crippen molar-refractivity contribution in [3.8, 4) is 5.88 Å². The summed E-state index contributed by atoms with van der Waals surface area (Å²) >= 11 is 0. The molecule has 0 spiro atoms. The number of aromatic nitrogens is 1. The topological polar surface area (TPSA) is 48.1 Å². The molecule has 3 nitrogen and oxygen atoms in total. The van der Waals surface area contributed by atoms with Crippen molar-refractivity contribution in [3.05, 3.63) is 23.4 Å². The molecule has 1 heterocycles. The lowest BCUT2D eigenvalue weighted by molar-refractivity contribution is -0.154. The molecular formula is C11H15F3N2O. The first kappa shape index (κ1) is 13.8. The zero-order valence-electron chi connectivity index (χ0n) is 9.55.